The van der Waals surface area contributed by atoms with Crippen molar-refractivity contribution in [2.75, 3.05) is 0 Å². The van der Waals surface area contributed by atoms with Crippen molar-refractivity contribution in [3.63, 3.8) is 0 Å². The van der Waals surface area contributed by atoms with Gasteiger partial charge in [0.1, 0.15) is 0 Å². The number of nitrogens with one attached hydrogen (secondary N) is 1. The monoisotopic (exact) mass is 212 g/mol. The third kappa shape index (κ3) is 1.87. The minimum atomic E-state index is 0.477. The van der Waals surface area contributed by atoms with Crippen LogP contribution in [0.2, 0.25) is 0 Å². The first-order valence-corrected chi connectivity index (χ1v) is 5.49. The Morgan fingerprint density at radius 2 is 2.07 bits per heavy atom. The van der Waals surface area contributed by atoms with Crippen LogP contribution in [0.15, 0.2) is 0 Å². The van der Waals surface area contributed by atoms with Crippen molar-refractivity contribution < 1.29 is 0 Å². The number of aromatic nitrogens is 4. The van der Waals surface area contributed by atoms with Crippen LogP contribution >= 0.6 is 12.2 Å². The van der Waals surface area contributed by atoms with E-state index in [1.807, 2.05) is 4.68 Å². The maximum absolute atomic E-state index is 5.08. The molecule has 1 aromatic rings. The van der Waals surface area contributed by atoms with Crippen molar-refractivity contribution in [1.82, 2.24) is 20.2 Å². The lowest BCUT2D eigenvalue weighted by molar-refractivity contribution is 0.183. The van der Waals surface area contributed by atoms with Gasteiger partial charge in [-0.25, -0.2) is 4.68 Å². The Labute approximate surface area is 88.7 Å². The standard InChI is InChI=1S/C9H16N4S/c1-9(2)5-3-7(4-6-9)13-8(14)10-11-12-13/h7H,3-6H2,1-2H3,(H,10,12,14). The highest BCUT2D eigenvalue weighted by molar-refractivity contribution is 7.71. The Morgan fingerprint density at radius 3 is 2.57 bits per heavy atom. The number of hydrogen-bond donors (Lipinski definition) is 1. The van der Waals surface area contributed by atoms with Crippen LogP contribution in [0.5, 0.6) is 0 Å². The highest BCUT2D eigenvalue weighted by Gasteiger charge is 2.28. The molecule has 5 heteroatoms. The van der Waals surface area contributed by atoms with Crippen molar-refractivity contribution in [2.45, 2.75) is 45.6 Å². The van der Waals surface area contributed by atoms with Gasteiger partial charge in [-0.05, 0) is 43.3 Å². The van der Waals surface area contributed by atoms with E-state index in [4.69, 9.17) is 12.2 Å². The van der Waals surface area contributed by atoms with Crippen molar-refractivity contribution in [3.05, 3.63) is 4.77 Å². The zero-order valence-corrected chi connectivity index (χ0v) is 9.47. The molecule has 1 fully saturated rings. The highest BCUT2D eigenvalue weighted by atomic mass is 32.1. The summed E-state index contributed by atoms with van der Waals surface area (Å²) in [5.41, 5.74) is 0.492. The summed E-state index contributed by atoms with van der Waals surface area (Å²) in [7, 11) is 0. The second-order valence-corrected chi connectivity index (χ2v) is 5.21. The molecule has 1 heterocycles. The van der Waals surface area contributed by atoms with E-state index in [0.717, 1.165) is 0 Å². The predicted molar refractivity (Wildman–Crippen MR) is 56.5 cm³/mol. The normalized spacial score (nSPS) is 22.4. The van der Waals surface area contributed by atoms with Crippen LogP contribution in [0.25, 0.3) is 0 Å². The molecule has 0 saturated heterocycles. The van der Waals surface area contributed by atoms with Gasteiger partial charge in [-0.1, -0.05) is 24.2 Å². The maximum atomic E-state index is 5.08. The molecule has 4 nitrogen and oxygen atoms in total. The predicted octanol–water partition coefficient (Wildman–Crippen LogP) is 2.48. The molecule has 1 aliphatic carbocycles. The summed E-state index contributed by atoms with van der Waals surface area (Å²) in [6, 6.07) is 0.477. The molecule has 0 spiro atoms. The van der Waals surface area contributed by atoms with Gasteiger partial charge >= 0.3 is 0 Å². The molecule has 0 atom stereocenters. The summed E-state index contributed by atoms with van der Waals surface area (Å²) in [4.78, 5) is 0. The van der Waals surface area contributed by atoms with Crippen LogP contribution in [-0.4, -0.2) is 20.2 Å². The molecule has 1 aliphatic rings. The van der Waals surface area contributed by atoms with Gasteiger partial charge in [0.2, 0.25) is 4.77 Å². The third-order valence-corrected chi connectivity index (χ3v) is 3.45. The minimum absolute atomic E-state index is 0.477. The molecule has 0 radical (unpaired) electrons. The molecule has 1 aromatic heterocycles. The Bertz CT molecular complexity index is 355. The van der Waals surface area contributed by atoms with Gasteiger partial charge in [0.15, 0.2) is 0 Å². The lowest BCUT2D eigenvalue weighted by Crippen LogP contribution is -2.24. The van der Waals surface area contributed by atoms with E-state index < -0.39 is 0 Å². The Hall–Kier alpha value is -0.710. The first kappa shape index (κ1) is 9.83. The number of nitrogens with zero attached hydrogens (tertiary/aromatic N) is 3. The summed E-state index contributed by atoms with van der Waals surface area (Å²) in [6.45, 7) is 4.65. The van der Waals surface area contributed by atoms with Gasteiger partial charge in [-0.2, -0.15) is 5.21 Å². The molecule has 2 rings (SSSR count). The van der Waals surface area contributed by atoms with Crippen LogP contribution in [0, 0.1) is 10.2 Å². The van der Waals surface area contributed by atoms with Gasteiger partial charge in [-0.15, -0.1) is 0 Å². The minimum Gasteiger partial charge on any atom is -0.239 e. The summed E-state index contributed by atoms with van der Waals surface area (Å²) in [5, 5.41) is 10.4. The topological polar surface area (TPSA) is 46.5 Å². The van der Waals surface area contributed by atoms with Gasteiger partial charge in [0.25, 0.3) is 0 Å². The van der Waals surface area contributed by atoms with Crippen molar-refractivity contribution >= 4 is 12.2 Å². The highest BCUT2D eigenvalue weighted by Crippen LogP contribution is 2.39. The van der Waals surface area contributed by atoms with Gasteiger partial charge in [-0.3, -0.25) is 0 Å². The number of tetrazole rings is 1. The second kappa shape index (κ2) is 3.46. The van der Waals surface area contributed by atoms with Crippen LogP contribution in [0.4, 0.5) is 0 Å². The van der Waals surface area contributed by atoms with E-state index in [-0.39, 0.29) is 0 Å². The van der Waals surface area contributed by atoms with Crippen molar-refractivity contribution in [1.29, 1.82) is 0 Å². The Kier molecular flexibility index (Phi) is 2.43. The molecule has 1 N–H and O–H groups in total. The van der Waals surface area contributed by atoms with Gasteiger partial charge in [0.05, 0.1) is 6.04 Å². The lowest BCUT2D eigenvalue weighted by atomic mass is 9.76. The van der Waals surface area contributed by atoms with Crippen molar-refractivity contribution in [3.8, 4) is 0 Å². The SMILES string of the molecule is CC1(C)CCC(n2[nH]nnc2=S)CC1. The molecular weight excluding hydrogens is 196 g/mol. The molecular formula is C9H16N4S. The quantitative estimate of drug-likeness (QED) is 0.727. The molecule has 0 bridgehead atoms. The molecule has 1 saturated carbocycles. The maximum Gasteiger partial charge on any atom is 0.238 e. The summed E-state index contributed by atoms with van der Waals surface area (Å²) in [5.74, 6) is 0. The number of aromatic amines is 1. The van der Waals surface area contributed by atoms with Gasteiger partial charge in [0, 0.05) is 0 Å². The molecule has 14 heavy (non-hydrogen) atoms. The Morgan fingerprint density at radius 1 is 1.43 bits per heavy atom. The molecule has 0 aliphatic heterocycles. The Balaban J connectivity index is 2.10. The van der Waals surface area contributed by atoms with Crippen LogP contribution in [-0.2, 0) is 0 Å². The summed E-state index contributed by atoms with van der Waals surface area (Å²) >= 11 is 5.08. The fraction of sp³-hybridized carbons (Fsp3) is 0.889. The molecule has 78 valence electrons. The van der Waals surface area contributed by atoms with Crippen LogP contribution in [0.1, 0.15) is 45.6 Å². The van der Waals surface area contributed by atoms with E-state index in [1.54, 1.807) is 0 Å². The number of H-pyrrole nitrogens is 1. The smallest absolute Gasteiger partial charge is 0.238 e. The van der Waals surface area contributed by atoms with Crippen LogP contribution < -0.4 is 0 Å². The van der Waals surface area contributed by atoms with E-state index in [2.05, 4.69) is 29.4 Å². The van der Waals surface area contributed by atoms with Crippen LogP contribution in [0.3, 0.4) is 0 Å². The third-order valence-electron chi connectivity index (χ3n) is 3.17. The van der Waals surface area contributed by atoms with Crippen molar-refractivity contribution in [2.24, 2.45) is 5.41 Å². The average molecular weight is 212 g/mol. The summed E-state index contributed by atoms with van der Waals surface area (Å²) < 4.78 is 2.50. The molecule has 0 aromatic carbocycles. The number of hydrogen-bond acceptors (Lipinski definition) is 3. The fourth-order valence-electron chi connectivity index (χ4n) is 2.08. The second-order valence-electron chi connectivity index (χ2n) is 4.85. The lowest BCUT2D eigenvalue weighted by Gasteiger charge is -2.34. The van der Waals surface area contributed by atoms with E-state index in [9.17, 15) is 0 Å². The van der Waals surface area contributed by atoms with E-state index >= 15 is 0 Å². The molecule has 0 unspecified atom stereocenters. The van der Waals surface area contributed by atoms with Gasteiger partial charge < -0.3 is 0 Å². The zero-order valence-electron chi connectivity index (χ0n) is 8.66. The fourth-order valence-corrected chi connectivity index (χ4v) is 2.32. The largest absolute Gasteiger partial charge is 0.239 e. The summed E-state index contributed by atoms with van der Waals surface area (Å²) in [6.07, 6.45) is 4.84. The number of rotatable bonds is 1. The average Bonchev–Trinajstić information content (AvgIpc) is 2.52. The van der Waals surface area contributed by atoms with E-state index in [0.29, 0.717) is 16.2 Å². The first-order chi connectivity index (χ1) is 6.58. The zero-order chi connectivity index (χ0) is 10.2. The molecule has 0 amide bonds. The van der Waals surface area contributed by atoms with E-state index in [1.165, 1.54) is 25.7 Å². The first-order valence-electron chi connectivity index (χ1n) is 5.08.